The van der Waals surface area contributed by atoms with E-state index in [-0.39, 0.29) is 5.60 Å². The summed E-state index contributed by atoms with van der Waals surface area (Å²) in [4.78, 5) is 0. The standard InChI is InChI=1S/C12H13NO/c1-3-10-4-6-11(7-5-10)14-12(2)8-13-9-12/h1,4-7,13H,8-9H2,2H3. The topological polar surface area (TPSA) is 21.3 Å². The largest absolute Gasteiger partial charge is 0.485 e. The molecule has 14 heavy (non-hydrogen) atoms. The Hall–Kier alpha value is -1.46. The van der Waals surface area contributed by atoms with E-state index in [1.54, 1.807) is 0 Å². The third-order valence-corrected chi connectivity index (χ3v) is 2.38. The molecule has 0 amide bonds. The maximum Gasteiger partial charge on any atom is 0.131 e. The lowest BCUT2D eigenvalue weighted by Gasteiger charge is -2.39. The molecular weight excluding hydrogens is 174 g/mol. The third kappa shape index (κ3) is 1.73. The highest BCUT2D eigenvalue weighted by Crippen LogP contribution is 2.21. The molecule has 0 spiro atoms. The number of hydrogen-bond acceptors (Lipinski definition) is 2. The number of terminal acetylenes is 1. The fourth-order valence-electron chi connectivity index (χ4n) is 1.45. The summed E-state index contributed by atoms with van der Waals surface area (Å²) in [6.07, 6.45) is 5.26. The minimum Gasteiger partial charge on any atom is -0.485 e. The third-order valence-electron chi connectivity index (χ3n) is 2.38. The number of rotatable bonds is 2. The van der Waals surface area contributed by atoms with Crippen LogP contribution in [0.2, 0.25) is 0 Å². The molecule has 0 bridgehead atoms. The van der Waals surface area contributed by atoms with Gasteiger partial charge in [-0.05, 0) is 31.2 Å². The first-order valence-electron chi connectivity index (χ1n) is 4.68. The fraction of sp³-hybridized carbons (Fsp3) is 0.333. The molecule has 1 saturated heterocycles. The zero-order valence-electron chi connectivity index (χ0n) is 8.21. The Balaban J connectivity index is 2.07. The Kier molecular flexibility index (Phi) is 2.18. The highest BCUT2D eigenvalue weighted by Gasteiger charge is 2.33. The van der Waals surface area contributed by atoms with Gasteiger partial charge in [-0.15, -0.1) is 6.42 Å². The molecule has 0 atom stereocenters. The van der Waals surface area contributed by atoms with Crippen molar-refractivity contribution in [1.82, 2.24) is 5.32 Å². The molecule has 2 rings (SSSR count). The van der Waals surface area contributed by atoms with E-state index in [9.17, 15) is 0 Å². The highest BCUT2D eigenvalue weighted by atomic mass is 16.5. The molecule has 2 nitrogen and oxygen atoms in total. The second kappa shape index (κ2) is 3.36. The lowest BCUT2D eigenvalue weighted by molar-refractivity contribution is 0.0349. The summed E-state index contributed by atoms with van der Waals surface area (Å²) in [5, 5.41) is 3.19. The van der Waals surface area contributed by atoms with Crippen LogP contribution in [0.5, 0.6) is 5.75 Å². The van der Waals surface area contributed by atoms with Crippen molar-refractivity contribution in [2.24, 2.45) is 0 Å². The summed E-state index contributed by atoms with van der Waals surface area (Å²) in [6, 6.07) is 7.62. The molecule has 1 fully saturated rings. The van der Waals surface area contributed by atoms with Crippen LogP contribution < -0.4 is 10.1 Å². The van der Waals surface area contributed by atoms with E-state index >= 15 is 0 Å². The zero-order chi connectivity index (χ0) is 10.0. The van der Waals surface area contributed by atoms with Crippen molar-refractivity contribution in [1.29, 1.82) is 0 Å². The van der Waals surface area contributed by atoms with E-state index in [0.29, 0.717) is 0 Å². The molecule has 2 heteroatoms. The molecule has 0 saturated carbocycles. The van der Waals surface area contributed by atoms with Crippen LogP contribution in [0.1, 0.15) is 12.5 Å². The lowest BCUT2D eigenvalue weighted by Crippen LogP contribution is -2.60. The number of ether oxygens (including phenoxy) is 1. The van der Waals surface area contributed by atoms with Crippen LogP contribution in [-0.2, 0) is 0 Å². The molecule has 0 aromatic heterocycles. The van der Waals surface area contributed by atoms with Crippen molar-refractivity contribution in [2.45, 2.75) is 12.5 Å². The normalized spacial score (nSPS) is 18.0. The van der Waals surface area contributed by atoms with Gasteiger partial charge in [0.05, 0.1) is 0 Å². The van der Waals surface area contributed by atoms with E-state index in [2.05, 4.69) is 18.2 Å². The van der Waals surface area contributed by atoms with Gasteiger partial charge in [-0.1, -0.05) is 5.92 Å². The predicted molar refractivity (Wildman–Crippen MR) is 56.3 cm³/mol. The second-order valence-electron chi connectivity index (χ2n) is 3.82. The van der Waals surface area contributed by atoms with Gasteiger partial charge in [0.25, 0.3) is 0 Å². The molecule has 0 aliphatic carbocycles. The van der Waals surface area contributed by atoms with Gasteiger partial charge in [0.1, 0.15) is 11.4 Å². The minimum absolute atomic E-state index is 0.0440. The van der Waals surface area contributed by atoms with Crippen LogP contribution in [-0.4, -0.2) is 18.7 Å². The monoisotopic (exact) mass is 187 g/mol. The Morgan fingerprint density at radius 2 is 2.00 bits per heavy atom. The molecule has 1 aliphatic rings. The molecule has 0 unspecified atom stereocenters. The Morgan fingerprint density at radius 3 is 2.43 bits per heavy atom. The summed E-state index contributed by atoms with van der Waals surface area (Å²) in [5.74, 6) is 3.46. The van der Waals surface area contributed by atoms with Gasteiger partial charge in [0.15, 0.2) is 0 Å². The maximum atomic E-state index is 5.81. The van der Waals surface area contributed by atoms with E-state index in [1.807, 2.05) is 24.3 Å². The number of hydrogen-bond donors (Lipinski definition) is 1. The highest BCUT2D eigenvalue weighted by molar-refractivity contribution is 5.37. The van der Waals surface area contributed by atoms with Crippen molar-refractivity contribution >= 4 is 0 Å². The van der Waals surface area contributed by atoms with Crippen molar-refractivity contribution in [3.63, 3.8) is 0 Å². The van der Waals surface area contributed by atoms with Crippen molar-refractivity contribution in [2.75, 3.05) is 13.1 Å². The van der Waals surface area contributed by atoms with Crippen LogP contribution in [0.25, 0.3) is 0 Å². The number of nitrogens with one attached hydrogen (secondary N) is 1. The molecule has 1 N–H and O–H groups in total. The van der Waals surface area contributed by atoms with Gasteiger partial charge in [0, 0.05) is 18.7 Å². The van der Waals surface area contributed by atoms with E-state index in [4.69, 9.17) is 11.2 Å². The van der Waals surface area contributed by atoms with Crippen LogP contribution >= 0.6 is 0 Å². The number of benzene rings is 1. The zero-order valence-corrected chi connectivity index (χ0v) is 8.21. The summed E-state index contributed by atoms with van der Waals surface area (Å²) in [7, 11) is 0. The second-order valence-corrected chi connectivity index (χ2v) is 3.82. The van der Waals surface area contributed by atoms with Crippen LogP contribution in [0.15, 0.2) is 24.3 Å². The average Bonchev–Trinajstić information content (AvgIpc) is 2.17. The van der Waals surface area contributed by atoms with Gasteiger partial charge in [0.2, 0.25) is 0 Å². The minimum atomic E-state index is -0.0440. The Bertz CT molecular complexity index is 357. The van der Waals surface area contributed by atoms with E-state index in [1.165, 1.54) is 0 Å². The van der Waals surface area contributed by atoms with Crippen molar-refractivity contribution in [3.05, 3.63) is 29.8 Å². The molecule has 1 heterocycles. The molecule has 1 aromatic carbocycles. The van der Waals surface area contributed by atoms with Crippen molar-refractivity contribution < 1.29 is 4.74 Å². The average molecular weight is 187 g/mol. The fourth-order valence-corrected chi connectivity index (χ4v) is 1.45. The lowest BCUT2D eigenvalue weighted by atomic mass is 10.00. The van der Waals surface area contributed by atoms with E-state index < -0.39 is 0 Å². The van der Waals surface area contributed by atoms with Crippen molar-refractivity contribution in [3.8, 4) is 18.1 Å². The predicted octanol–water partition coefficient (Wildman–Crippen LogP) is 1.41. The first kappa shape index (κ1) is 9.11. The first-order chi connectivity index (χ1) is 6.72. The SMILES string of the molecule is C#Cc1ccc(OC2(C)CNC2)cc1. The van der Waals surface area contributed by atoms with Crippen LogP contribution in [0, 0.1) is 12.3 Å². The van der Waals surface area contributed by atoms with E-state index in [0.717, 1.165) is 24.4 Å². The quantitative estimate of drug-likeness (QED) is 0.707. The smallest absolute Gasteiger partial charge is 0.131 e. The Morgan fingerprint density at radius 1 is 1.36 bits per heavy atom. The van der Waals surface area contributed by atoms with Gasteiger partial charge in [-0.25, -0.2) is 0 Å². The molecular formula is C12H13NO. The van der Waals surface area contributed by atoms with Crippen LogP contribution in [0.4, 0.5) is 0 Å². The van der Waals surface area contributed by atoms with Gasteiger partial charge in [-0.3, -0.25) is 0 Å². The molecule has 0 radical (unpaired) electrons. The van der Waals surface area contributed by atoms with Crippen LogP contribution in [0.3, 0.4) is 0 Å². The first-order valence-corrected chi connectivity index (χ1v) is 4.68. The summed E-state index contributed by atoms with van der Waals surface area (Å²) in [6.45, 7) is 3.91. The van der Waals surface area contributed by atoms with Gasteiger partial charge >= 0.3 is 0 Å². The summed E-state index contributed by atoms with van der Waals surface area (Å²) < 4.78 is 5.81. The molecule has 72 valence electrons. The summed E-state index contributed by atoms with van der Waals surface area (Å²) >= 11 is 0. The van der Waals surface area contributed by atoms with Gasteiger partial charge < -0.3 is 10.1 Å². The molecule has 1 aliphatic heterocycles. The summed E-state index contributed by atoms with van der Waals surface area (Å²) in [5.41, 5.74) is 0.840. The Labute approximate surface area is 84.3 Å². The maximum absolute atomic E-state index is 5.81. The molecule has 1 aromatic rings. The van der Waals surface area contributed by atoms with Gasteiger partial charge in [-0.2, -0.15) is 0 Å².